The number of halogens is 1. The standard InChI is InChI=1S/C11H11ClN4S/c1-16(5-2-4-13)7-9-14-10(12)8-3-6-17-11(8)15-9/h3,6H,2,5,7H2,1H3. The van der Waals surface area contributed by atoms with Crippen LogP contribution in [-0.4, -0.2) is 28.5 Å². The number of aromatic nitrogens is 2. The lowest BCUT2D eigenvalue weighted by Gasteiger charge is -2.13. The zero-order valence-corrected chi connectivity index (χ0v) is 10.9. The van der Waals surface area contributed by atoms with E-state index in [4.69, 9.17) is 16.9 Å². The molecule has 2 rings (SSSR count). The van der Waals surface area contributed by atoms with E-state index < -0.39 is 0 Å². The first-order chi connectivity index (χ1) is 8.20. The average molecular weight is 267 g/mol. The van der Waals surface area contributed by atoms with E-state index >= 15 is 0 Å². The Hall–Kier alpha value is -1.22. The number of nitrogens with zero attached hydrogens (tertiary/aromatic N) is 4. The molecule has 4 nitrogen and oxygen atoms in total. The highest BCUT2D eigenvalue weighted by Crippen LogP contribution is 2.24. The van der Waals surface area contributed by atoms with Gasteiger partial charge in [-0.05, 0) is 18.5 Å². The summed E-state index contributed by atoms with van der Waals surface area (Å²) in [6.07, 6.45) is 0.505. The van der Waals surface area contributed by atoms with Crippen LogP contribution in [0.2, 0.25) is 5.15 Å². The maximum Gasteiger partial charge on any atom is 0.145 e. The summed E-state index contributed by atoms with van der Waals surface area (Å²) in [6.45, 7) is 1.31. The molecule has 0 amide bonds. The fraction of sp³-hybridized carbons (Fsp3) is 0.364. The van der Waals surface area contributed by atoms with Gasteiger partial charge in [0.05, 0.1) is 12.6 Å². The maximum absolute atomic E-state index is 8.51. The van der Waals surface area contributed by atoms with E-state index in [2.05, 4.69) is 16.0 Å². The van der Waals surface area contributed by atoms with Crippen molar-refractivity contribution < 1.29 is 0 Å². The lowest BCUT2D eigenvalue weighted by molar-refractivity contribution is 0.326. The molecule has 6 heteroatoms. The van der Waals surface area contributed by atoms with Gasteiger partial charge in [0.2, 0.25) is 0 Å². The van der Waals surface area contributed by atoms with Crippen molar-refractivity contribution in [2.75, 3.05) is 13.6 Å². The molecule has 17 heavy (non-hydrogen) atoms. The maximum atomic E-state index is 8.51. The first-order valence-electron chi connectivity index (χ1n) is 5.16. The third-order valence-electron chi connectivity index (χ3n) is 2.34. The van der Waals surface area contributed by atoms with Gasteiger partial charge >= 0.3 is 0 Å². The van der Waals surface area contributed by atoms with E-state index in [0.29, 0.717) is 30.5 Å². The number of hydrogen-bond donors (Lipinski definition) is 0. The van der Waals surface area contributed by atoms with Crippen molar-refractivity contribution in [2.24, 2.45) is 0 Å². The van der Waals surface area contributed by atoms with Crippen molar-refractivity contribution >= 4 is 33.2 Å². The molecular weight excluding hydrogens is 256 g/mol. The van der Waals surface area contributed by atoms with Crippen LogP contribution < -0.4 is 0 Å². The lowest BCUT2D eigenvalue weighted by atomic mass is 10.4. The molecule has 0 fully saturated rings. The molecule has 0 bridgehead atoms. The van der Waals surface area contributed by atoms with Gasteiger partial charge in [-0.25, -0.2) is 9.97 Å². The fourth-order valence-electron chi connectivity index (χ4n) is 1.49. The molecule has 0 aromatic carbocycles. The minimum absolute atomic E-state index is 0.500. The van der Waals surface area contributed by atoms with Crippen molar-refractivity contribution in [1.82, 2.24) is 14.9 Å². The van der Waals surface area contributed by atoms with Crippen molar-refractivity contribution in [3.63, 3.8) is 0 Å². The van der Waals surface area contributed by atoms with E-state index in [9.17, 15) is 0 Å². The summed E-state index contributed by atoms with van der Waals surface area (Å²) in [6, 6.07) is 4.04. The van der Waals surface area contributed by atoms with Gasteiger partial charge in [-0.2, -0.15) is 5.26 Å². The van der Waals surface area contributed by atoms with Crippen LogP contribution in [0.1, 0.15) is 12.2 Å². The van der Waals surface area contributed by atoms with Gasteiger partial charge in [0.25, 0.3) is 0 Å². The Labute approximate surface area is 108 Å². The molecule has 0 saturated heterocycles. The minimum atomic E-state index is 0.500. The normalized spacial score (nSPS) is 10.9. The summed E-state index contributed by atoms with van der Waals surface area (Å²) >= 11 is 7.63. The van der Waals surface area contributed by atoms with Gasteiger partial charge in [-0.1, -0.05) is 11.6 Å². The van der Waals surface area contributed by atoms with Crippen LogP contribution in [-0.2, 0) is 6.54 Å². The van der Waals surface area contributed by atoms with E-state index in [0.717, 1.165) is 10.2 Å². The topological polar surface area (TPSA) is 52.8 Å². The highest BCUT2D eigenvalue weighted by molar-refractivity contribution is 7.16. The molecule has 0 aliphatic carbocycles. The van der Waals surface area contributed by atoms with Gasteiger partial charge in [0.15, 0.2) is 0 Å². The number of hydrogen-bond acceptors (Lipinski definition) is 5. The van der Waals surface area contributed by atoms with Crippen LogP contribution in [0.25, 0.3) is 10.2 Å². The Morgan fingerprint density at radius 1 is 1.53 bits per heavy atom. The largest absolute Gasteiger partial charge is 0.298 e. The summed E-state index contributed by atoms with van der Waals surface area (Å²) in [5, 5.41) is 11.9. The number of fused-ring (bicyclic) bond motifs is 1. The third kappa shape index (κ3) is 2.91. The smallest absolute Gasteiger partial charge is 0.145 e. The van der Waals surface area contributed by atoms with Crippen LogP contribution in [0, 0.1) is 11.3 Å². The molecule has 88 valence electrons. The first-order valence-corrected chi connectivity index (χ1v) is 6.41. The van der Waals surface area contributed by atoms with Crippen LogP contribution >= 0.6 is 22.9 Å². The zero-order chi connectivity index (χ0) is 12.3. The van der Waals surface area contributed by atoms with Gasteiger partial charge in [-0.3, -0.25) is 4.90 Å². The molecule has 2 aromatic rings. The summed E-state index contributed by atoms with van der Waals surface area (Å²) < 4.78 is 0. The Kier molecular flexibility index (Phi) is 3.89. The molecule has 0 saturated carbocycles. The van der Waals surface area contributed by atoms with Crippen LogP contribution in [0.15, 0.2) is 11.4 Å². The Morgan fingerprint density at radius 2 is 2.35 bits per heavy atom. The zero-order valence-electron chi connectivity index (χ0n) is 9.35. The van der Waals surface area contributed by atoms with Gasteiger partial charge in [0.1, 0.15) is 15.8 Å². The Balaban J connectivity index is 2.16. The molecule has 0 spiro atoms. The molecule has 0 atom stereocenters. The second kappa shape index (κ2) is 5.41. The van der Waals surface area contributed by atoms with Gasteiger partial charge in [-0.15, -0.1) is 11.3 Å². The highest BCUT2D eigenvalue weighted by atomic mass is 35.5. The number of nitriles is 1. The van der Waals surface area contributed by atoms with E-state index in [-0.39, 0.29) is 0 Å². The molecule has 2 heterocycles. The van der Waals surface area contributed by atoms with Gasteiger partial charge < -0.3 is 0 Å². The summed E-state index contributed by atoms with van der Waals surface area (Å²) in [5.41, 5.74) is 0. The minimum Gasteiger partial charge on any atom is -0.298 e. The van der Waals surface area contributed by atoms with Gasteiger partial charge in [0, 0.05) is 18.4 Å². The SMILES string of the molecule is CN(CCC#N)Cc1nc(Cl)c2ccsc2n1. The third-order valence-corrected chi connectivity index (χ3v) is 3.44. The average Bonchev–Trinajstić information content (AvgIpc) is 2.75. The van der Waals surface area contributed by atoms with Crippen molar-refractivity contribution in [2.45, 2.75) is 13.0 Å². The molecule has 0 aliphatic rings. The Bertz CT molecular complexity index is 560. The second-order valence-electron chi connectivity index (χ2n) is 3.72. The lowest BCUT2D eigenvalue weighted by Crippen LogP contribution is -2.20. The van der Waals surface area contributed by atoms with Crippen molar-refractivity contribution in [1.29, 1.82) is 5.26 Å². The van der Waals surface area contributed by atoms with E-state index in [1.165, 1.54) is 0 Å². The van der Waals surface area contributed by atoms with Crippen molar-refractivity contribution in [3.05, 3.63) is 22.4 Å². The predicted octanol–water partition coefficient (Wildman–Crippen LogP) is 2.69. The highest BCUT2D eigenvalue weighted by Gasteiger charge is 2.08. The van der Waals surface area contributed by atoms with E-state index in [1.54, 1.807) is 11.3 Å². The fourth-order valence-corrected chi connectivity index (χ4v) is 2.58. The molecule has 0 aliphatic heterocycles. The summed E-state index contributed by atoms with van der Waals surface area (Å²) in [7, 11) is 1.94. The summed E-state index contributed by atoms with van der Waals surface area (Å²) in [5.74, 6) is 0.699. The first kappa shape index (κ1) is 12.2. The molecule has 0 N–H and O–H groups in total. The van der Waals surface area contributed by atoms with Crippen LogP contribution in [0.4, 0.5) is 0 Å². The predicted molar refractivity (Wildman–Crippen MR) is 69.0 cm³/mol. The molecular formula is C11H11ClN4S. The monoisotopic (exact) mass is 266 g/mol. The number of rotatable bonds is 4. The Morgan fingerprint density at radius 3 is 3.12 bits per heavy atom. The summed E-state index contributed by atoms with van der Waals surface area (Å²) in [4.78, 5) is 11.6. The quantitative estimate of drug-likeness (QED) is 0.799. The van der Waals surface area contributed by atoms with E-state index in [1.807, 2.05) is 23.4 Å². The molecule has 0 unspecified atom stereocenters. The molecule has 0 radical (unpaired) electrons. The molecule has 2 aromatic heterocycles. The van der Waals surface area contributed by atoms with Crippen LogP contribution in [0.5, 0.6) is 0 Å². The van der Waals surface area contributed by atoms with Crippen molar-refractivity contribution in [3.8, 4) is 6.07 Å². The van der Waals surface area contributed by atoms with Crippen LogP contribution in [0.3, 0.4) is 0 Å². The number of thiophene rings is 1. The second-order valence-corrected chi connectivity index (χ2v) is 4.97.